The van der Waals surface area contributed by atoms with E-state index in [1.54, 1.807) is 6.20 Å². The maximum Gasteiger partial charge on any atom is 0.321 e. The minimum Gasteiger partial charge on any atom is -0.481 e. The molecule has 178 valence electrons. The molecule has 1 spiro atoms. The summed E-state index contributed by atoms with van der Waals surface area (Å²) in [6.45, 7) is 1.63. The Balaban J connectivity index is 1.05. The highest BCUT2D eigenvalue weighted by Gasteiger charge is 2.58. The average molecular weight is 490 g/mol. The van der Waals surface area contributed by atoms with Crippen molar-refractivity contribution in [3.63, 3.8) is 0 Å². The van der Waals surface area contributed by atoms with E-state index in [1.807, 2.05) is 42.5 Å². The molecule has 2 fully saturated rings. The minimum atomic E-state index is -0.662. The van der Waals surface area contributed by atoms with Crippen LogP contribution in [0.2, 0.25) is 0 Å². The number of thiocarbonyl (C=S) groups is 1. The molecule has 10 nitrogen and oxygen atoms in total. The third kappa shape index (κ3) is 4.18. The number of hydrogen-bond donors (Lipinski definition) is 4. The lowest BCUT2D eigenvalue weighted by atomic mass is 9.91. The number of benzene rings is 1. The zero-order chi connectivity index (χ0) is 24.0. The normalized spacial score (nSPS) is 18.5. The van der Waals surface area contributed by atoms with Crippen molar-refractivity contribution in [2.75, 3.05) is 28.6 Å². The monoisotopic (exact) mass is 489 g/mol. The van der Waals surface area contributed by atoms with Crippen molar-refractivity contribution in [3.8, 4) is 0 Å². The lowest BCUT2D eigenvalue weighted by Crippen LogP contribution is -2.36. The number of fused-ring (bicyclic) bond motifs is 1. The van der Waals surface area contributed by atoms with Crippen molar-refractivity contribution in [2.45, 2.75) is 19.3 Å². The molecule has 1 atom stereocenters. The number of aromatic amines is 1. The SMILES string of the molecule is O=C(O)C1CC12CCN(c1ccc(NC(=S)c3nnc(Nc4cc5ccccc5[nH]4)o3)cn1)CC2. The zero-order valence-corrected chi connectivity index (χ0v) is 19.5. The number of aromatic nitrogens is 4. The Hall–Kier alpha value is -3.99. The number of nitrogens with zero attached hydrogens (tertiary/aromatic N) is 4. The molecule has 2 aliphatic rings. The second-order valence-corrected chi connectivity index (χ2v) is 9.52. The number of rotatable bonds is 6. The maximum absolute atomic E-state index is 11.3. The van der Waals surface area contributed by atoms with Crippen LogP contribution < -0.4 is 15.5 Å². The Morgan fingerprint density at radius 3 is 2.74 bits per heavy atom. The lowest BCUT2D eigenvalue weighted by Gasteiger charge is -2.33. The molecule has 0 amide bonds. The van der Waals surface area contributed by atoms with E-state index in [1.165, 1.54) is 0 Å². The summed E-state index contributed by atoms with van der Waals surface area (Å²) in [6.07, 6.45) is 4.30. The molecule has 4 aromatic rings. The first-order valence-electron chi connectivity index (χ1n) is 11.4. The van der Waals surface area contributed by atoms with Gasteiger partial charge in [-0.1, -0.05) is 35.5 Å². The summed E-state index contributed by atoms with van der Waals surface area (Å²) in [6, 6.07) is 14.0. The van der Waals surface area contributed by atoms with E-state index in [0.717, 1.165) is 54.9 Å². The summed E-state index contributed by atoms with van der Waals surface area (Å²) >= 11 is 5.43. The molecule has 1 unspecified atom stereocenters. The van der Waals surface area contributed by atoms with Crippen LogP contribution in [0, 0.1) is 11.3 Å². The molecule has 6 rings (SSSR count). The predicted molar refractivity (Wildman–Crippen MR) is 135 cm³/mol. The Morgan fingerprint density at radius 2 is 2.03 bits per heavy atom. The second kappa shape index (κ2) is 8.35. The molecule has 1 saturated heterocycles. The van der Waals surface area contributed by atoms with Gasteiger partial charge in [0.1, 0.15) is 11.6 Å². The van der Waals surface area contributed by atoms with Gasteiger partial charge in [0.05, 0.1) is 17.8 Å². The van der Waals surface area contributed by atoms with Gasteiger partial charge in [-0.25, -0.2) is 4.98 Å². The van der Waals surface area contributed by atoms with E-state index in [0.29, 0.717) is 10.7 Å². The topological polar surface area (TPSA) is 132 Å². The number of carboxylic acid groups (broad SMARTS) is 1. The molecule has 0 radical (unpaired) electrons. The fraction of sp³-hybridized carbons (Fsp3) is 0.292. The van der Waals surface area contributed by atoms with Gasteiger partial charge in [-0.3, -0.25) is 10.1 Å². The lowest BCUT2D eigenvalue weighted by molar-refractivity contribution is -0.139. The number of pyridine rings is 1. The summed E-state index contributed by atoms with van der Waals surface area (Å²) in [5, 5.41) is 24.5. The summed E-state index contributed by atoms with van der Waals surface area (Å²) in [5.74, 6) is 0.967. The molecule has 1 saturated carbocycles. The molecular weight excluding hydrogens is 466 g/mol. The van der Waals surface area contributed by atoms with Gasteiger partial charge in [0.25, 0.3) is 5.89 Å². The van der Waals surface area contributed by atoms with Crippen LogP contribution in [0.3, 0.4) is 0 Å². The first-order chi connectivity index (χ1) is 17.0. The van der Waals surface area contributed by atoms with Crippen molar-refractivity contribution < 1.29 is 14.3 Å². The third-order valence-electron chi connectivity index (χ3n) is 6.97. The van der Waals surface area contributed by atoms with Crippen LogP contribution in [0.5, 0.6) is 0 Å². The molecule has 4 N–H and O–H groups in total. The van der Waals surface area contributed by atoms with Crippen LogP contribution in [-0.2, 0) is 4.79 Å². The Bertz CT molecular complexity index is 1370. The summed E-state index contributed by atoms with van der Waals surface area (Å²) in [4.78, 5) is 21.6. The quantitative estimate of drug-likeness (QED) is 0.293. The fourth-order valence-electron chi connectivity index (χ4n) is 4.88. The number of H-pyrrole nitrogens is 1. The van der Waals surface area contributed by atoms with Crippen molar-refractivity contribution in [1.82, 2.24) is 20.2 Å². The largest absolute Gasteiger partial charge is 0.481 e. The van der Waals surface area contributed by atoms with Gasteiger partial charge in [0, 0.05) is 24.0 Å². The summed E-state index contributed by atoms with van der Waals surface area (Å²) < 4.78 is 5.66. The number of para-hydroxylation sites is 1. The number of carbonyl (C=O) groups is 1. The van der Waals surface area contributed by atoms with Gasteiger partial charge in [0.15, 0.2) is 4.99 Å². The van der Waals surface area contributed by atoms with E-state index in [4.69, 9.17) is 16.6 Å². The van der Waals surface area contributed by atoms with E-state index in [9.17, 15) is 9.90 Å². The highest BCUT2D eigenvalue weighted by Crippen LogP contribution is 2.59. The average Bonchev–Trinajstić information content (AvgIpc) is 3.18. The molecule has 1 aliphatic carbocycles. The highest BCUT2D eigenvalue weighted by molar-refractivity contribution is 7.81. The van der Waals surface area contributed by atoms with Crippen molar-refractivity contribution in [2.24, 2.45) is 11.3 Å². The number of nitrogens with one attached hydrogen (secondary N) is 3. The van der Waals surface area contributed by atoms with Crippen LogP contribution in [0.4, 0.5) is 23.3 Å². The van der Waals surface area contributed by atoms with Gasteiger partial charge in [-0.2, -0.15) is 0 Å². The number of anilines is 4. The van der Waals surface area contributed by atoms with E-state index < -0.39 is 5.97 Å². The Morgan fingerprint density at radius 1 is 1.20 bits per heavy atom. The van der Waals surface area contributed by atoms with Crippen molar-refractivity contribution in [1.29, 1.82) is 0 Å². The molecule has 3 aromatic heterocycles. The van der Waals surface area contributed by atoms with Gasteiger partial charge >= 0.3 is 12.0 Å². The van der Waals surface area contributed by atoms with Gasteiger partial charge < -0.3 is 24.7 Å². The highest BCUT2D eigenvalue weighted by atomic mass is 32.1. The summed E-state index contributed by atoms with van der Waals surface area (Å²) in [5.41, 5.74) is 1.72. The maximum atomic E-state index is 11.3. The second-order valence-electron chi connectivity index (χ2n) is 9.11. The standard InChI is InChI=1S/C24H23N7O3S/c32-22(33)16-12-24(16)7-9-31(10-8-24)19-6-5-15(13-25-19)26-21(35)20-29-30-23(34-20)28-18-11-14-3-1-2-4-17(14)27-18/h1-6,11,13,16,27H,7-10,12H2,(H,26,35)(H,28,30)(H,32,33). The first-order valence-corrected chi connectivity index (χ1v) is 11.8. The zero-order valence-electron chi connectivity index (χ0n) is 18.7. The van der Waals surface area contributed by atoms with Crippen LogP contribution in [0.1, 0.15) is 25.2 Å². The van der Waals surface area contributed by atoms with Crippen molar-refractivity contribution in [3.05, 3.63) is 54.6 Å². The van der Waals surface area contributed by atoms with E-state index in [-0.39, 0.29) is 23.2 Å². The number of carboxylic acids is 1. The van der Waals surface area contributed by atoms with E-state index >= 15 is 0 Å². The first kappa shape index (κ1) is 21.5. The van der Waals surface area contributed by atoms with Crippen LogP contribution in [0.25, 0.3) is 10.9 Å². The molecule has 1 aliphatic heterocycles. The molecule has 4 heterocycles. The Labute approximate surface area is 205 Å². The van der Waals surface area contributed by atoms with Crippen LogP contribution >= 0.6 is 12.2 Å². The van der Waals surface area contributed by atoms with Crippen LogP contribution in [0.15, 0.2) is 53.1 Å². The predicted octanol–water partition coefficient (Wildman–Crippen LogP) is 4.17. The smallest absolute Gasteiger partial charge is 0.321 e. The third-order valence-corrected chi connectivity index (χ3v) is 7.24. The van der Waals surface area contributed by atoms with Gasteiger partial charge in [-0.05, 0) is 48.9 Å². The Kier molecular flexibility index (Phi) is 5.14. The number of aliphatic carboxylic acids is 1. The van der Waals surface area contributed by atoms with Crippen LogP contribution in [-0.4, -0.2) is 49.3 Å². The molecular formula is C24H23N7O3S. The van der Waals surface area contributed by atoms with E-state index in [2.05, 4.69) is 35.7 Å². The van der Waals surface area contributed by atoms with Crippen molar-refractivity contribution >= 4 is 57.4 Å². The van der Waals surface area contributed by atoms with Gasteiger partial charge in [0.2, 0.25) is 0 Å². The molecule has 35 heavy (non-hydrogen) atoms. The molecule has 0 bridgehead atoms. The molecule has 1 aromatic carbocycles. The number of piperidine rings is 1. The molecule has 11 heteroatoms. The fourth-order valence-corrected chi connectivity index (χ4v) is 5.08. The number of hydrogen-bond acceptors (Lipinski definition) is 8. The van der Waals surface area contributed by atoms with Gasteiger partial charge in [-0.15, -0.1) is 5.10 Å². The minimum absolute atomic E-state index is 0.00213. The summed E-state index contributed by atoms with van der Waals surface area (Å²) in [7, 11) is 0.